The van der Waals surface area contributed by atoms with E-state index in [4.69, 9.17) is 23.4 Å². The third-order valence-electron chi connectivity index (χ3n) is 10.9. The second-order valence-corrected chi connectivity index (χ2v) is 15.8. The van der Waals surface area contributed by atoms with E-state index in [-0.39, 0.29) is 41.9 Å². The molecule has 3 aliphatic rings. The molecule has 2 aromatic rings. The molecule has 2 saturated carbocycles. The number of anilines is 1. The molecule has 0 radical (unpaired) electrons. The molecular weight excluding hydrogens is 685 g/mol. The van der Waals surface area contributed by atoms with Crippen LogP contribution >= 0.6 is 0 Å². The number of carbonyl (C=O) groups is 4. The average Bonchev–Trinajstić information content (AvgIpc) is 3.78. The van der Waals surface area contributed by atoms with Crippen LogP contribution in [0.3, 0.4) is 0 Å². The van der Waals surface area contributed by atoms with Gasteiger partial charge in [-0.3, -0.25) is 9.59 Å². The van der Waals surface area contributed by atoms with Gasteiger partial charge < -0.3 is 38.9 Å². The summed E-state index contributed by atoms with van der Waals surface area (Å²) < 4.78 is 40.8. The van der Waals surface area contributed by atoms with E-state index in [0.29, 0.717) is 81.0 Å². The number of furan rings is 1. The number of likely N-dealkylation sites (tertiary alicyclic amines) is 1. The third-order valence-corrected chi connectivity index (χ3v) is 10.9. The van der Waals surface area contributed by atoms with Gasteiger partial charge in [-0.15, -0.1) is 0 Å². The van der Waals surface area contributed by atoms with Gasteiger partial charge in [0, 0.05) is 43.7 Å². The maximum absolute atomic E-state index is 14.2. The Morgan fingerprint density at radius 1 is 0.943 bits per heavy atom. The first-order valence-corrected chi connectivity index (χ1v) is 19.4. The van der Waals surface area contributed by atoms with Gasteiger partial charge in [0.05, 0.1) is 25.9 Å². The fraction of sp³-hybridized carbons (Fsp3) is 0.700. The summed E-state index contributed by atoms with van der Waals surface area (Å²) in [4.78, 5) is 55.2. The number of fused-ring (bicyclic) bond motifs is 1. The molecule has 53 heavy (non-hydrogen) atoms. The molecule has 2 N–H and O–H groups in total. The molecule has 0 bridgehead atoms. The lowest BCUT2D eigenvalue weighted by Crippen LogP contribution is -2.50. The normalized spacial score (nSPS) is 23.1. The lowest BCUT2D eigenvalue weighted by atomic mass is 9.76. The molecule has 0 spiro atoms. The number of benzene rings is 1. The van der Waals surface area contributed by atoms with E-state index in [9.17, 15) is 23.6 Å². The Kier molecular flexibility index (Phi) is 14.5. The maximum Gasteiger partial charge on any atom is 0.407 e. The predicted octanol–water partition coefficient (Wildman–Crippen LogP) is 7.05. The van der Waals surface area contributed by atoms with Crippen molar-refractivity contribution in [3.05, 3.63) is 30.0 Å². The highest BCUT2D eigenvalue weighted by molar-refractivity contribution is 6.00. The number of alkyl halides is 1. The van der Waals surface area contributed by atoms with E-state index in [1.165, 1.54) is 6.42 Å². The van der Waals surface area contributed by atoms with Crippen LogP contribution in [-0.4, -0.2) is 93.2 Å². The Hall–Kier alpha value is -3.71. The van der Waals surface area contributed by atoms with Crippen molar-refractivity contribution in [1.29, 1.82) is 0 Å². The van der Waals surface area contributed by atoms with E-state index in [1.54, 1.807) is 57.0 Å². The summed E-state index contributed by atoms with van der Waals surface area (Å²) in [6, 6.07) is 5.55. The zero-order valence-corrected chi connectivity index (χ0v) is 31.8. The number of amides is 3. The number of ether oxygens (including phenoxy) is 4. The molecule has 0 unspecified atom stereocenters. The van der Waals surface area contributed by atoms with E-state index in [1.807, 2.05) is 0 Å². The molecule has 2 aliphatic carbocycles. The number of halogens is 1. The van der Waals surface area contributed by atoms with Gasteiger partial charge in [-0.2, -0.15) is 0 Å². The first-order chi connectivity index (χ1) is 25.5. The summed E-state index contributed by atoms with van der Waals surface area (Å²) in [5.41, 5.74) is 0.352. The molecule has 5 rings (SSSR count). The molecule has 1 aromatic heterocycles. The highest BCUT2D eigenvalue weighted by atomic mass is 19.1. The minimum Gasteiger partial charge on any atom is -0.460 e. The van der Waals surface area contributed by atoms with Gasteiger partial charge in [0.25, 0.3) is 0 Å². The minimum atomic E-state index is -0.707. The van der Waals surface area contributed by atoms with Crippen LogP contribution in [0.4, 0.5) is 14.9 Å². The highest BCUT2D eigenvalue weighted by Crippen LogP contribution is 2.41. The number of nitrogens with zero attached hydrogens (tertiary/aromatic N) is 1. The average molecular weight is 744 g/mol. The van der Waals surface area contributed by atoms with Crippen molar-refractivity contribution in [2.45, 2.75) is 109 Å². The molecule has 1 aliphatic heterocycles. The predicted molar refractivity (Wildman–Crippen MR) is 197 cm³/mol. The summed E-state index contributed by atoms with van der Waals surface area (Å²) in [7, 11) is 1.60. The molecule has 12 nitrogen and oxygen atoms in total. The molecule has 294 valence electrons. The van der Waals surface area contributed by atoms with Crippen LogP contribution in [0.1, 0.15) is 102 Å². The van der Waals surface area contributed by atoms with Crippen LogP contribution in [-0.2, 0) is 28.5 Å². The number of carbonyl (C=O) groups excluding carboxylic acids is 4. The van der Waals surface area contributed by atoms with Crippen molar-refractivity contribution >= 4 is 40.5 Å². The third kappa shape index (κ3) is 11.2. The first kappa shape index (κ1) is 40.5. The topological polar surface area (TPSA) is 146 Å². The van der Waals surface area contributed by atoms with Crippen molar-refractivity contribution in [2.24, 2.45) is 23.7 Å². The van der Waals surface area contributed by atoms with Gasteiger partial charge in [0.2, 0.25) is 17.6 Å². The van der Waals surface area contributed by atoms with Crippen molar-refractivity contribution in [3.8, 4) is 0 Å². The highest BCUT2D eigenvalue weighted by Gasteiger charge is 2.47. The van der Waals surface area contributed by atoms with E-state index in [0.717, 1.165) is 32.1 Å². The Balaban J connectivity index is 1.21. The zero-order chi connectivity index (χ0) is 38.0. The van der Waals surface area contributed by atoms with Gasteiger partial charge in [0.1, 0.15) is 23.9 Å². The number of hydrogen-bond acceptors (Lipinski definition) is 9. The molecule has 3 amide bonds. The maximum atomic E-state index is 14.2. The second-order valence-electron chi connectivity index (χ2n) is 15.8. The van der Waals surface area contributed by atoms with Crippen molar-refractivity contribution < 1.29 is 46.9 Å². The Bertz CT molecular complexity index is 1530. The zero-order valence-electron chi connectivity index (χ0n) is 31.8. The number of rotatable bonds is 15. The Morgan fingerprint density at radius 2 is 1.70 bits per heavy atom. The molecule has 3 fully saturated rings. The van der Waals surface area contributed by atoms with E-state index < -0.39 is 36.4 Å². The first-order valence-electron chi connectivity index (χ1n) is 19.4. The minimum absolute atomic E-state index is 0.0196. The van der Waals surface area contributed by atoms with Crippen molar-refractivity contribution in [2.75, 3.05) is 52.1 Å². The van der Waals surface area contributed by atoms with E-state index >= 15 is 0 Å². The van der Waals surface area contributed by atoms with E-state index in [2.05, 4.69) is 10.6 Å². The molecule has 13 heteroatoms. The summed E-state index contributed by atoms with van der Waals surface area (Å²) in [6.45, 7) is 6.72. The van der Waals surface area contributed by atoms with Crippen LogP contribution in [0, 0.1) is 23.7 Å². The van der Waals surface area contributed by atoms with Gasteiger partial charge in [0.15, 0.2) is 0 Å². The van der Waals surface area contributed by atoms with Crippen molar-refractivity contribution in [3.63, 3.8) is 0 Å². The van der Waals surface area contributed by atoms with Crippen LogP contribution in [0.2, 0.25) is 0 Å². The summed E-state index contributed by atoms with van der Waals surface area (Å²) in [5.74, 6) is -0.668. The number of nitrogens with one attached hydrogen (secondary N) is 2. The monoisotopic (exact) mass is 743 g/mol. The molecule has 1 saturated heterocycles. The van der Waals surface area contributed by atoms with Gasteiger partial charge >= 0.3 is 12.1 Å². The van der Waals surface area contributed by atoms with Gasteiger partial charge in [-0.05, 0) is 94.9 Å². The second kappa shape index (κ2) is 19.1. The van der Waals surface area contributed by atoms with Crippen LogP contribution in [0.5, 0.6) is 0 Å². The van der Waals surface area contributed by atoms with Gasteiger partial charge in [-0.1, -0.05) is 32.1 Å². The molecule has 1 aromatic carbocycles. The summed E-state index contributed by atoms with van der Waals surface area (Å²) >= 11 is 0. The SMILES string of the molecule is COCCOCCCOC(=O)c1cc2cc(NC(=O)[C@@H]3[C@H](C4CCCCC4)CCN3C(=O)C3CCC([C@@H](CF)NC(=O)OC(C)(C)C)CC3)ccc2o1. The number of esters is 1. The molecule has 3 atom stereocenters. The number of hydrogen-bond donors (Lipinski definition) is 2. The standard InChI is InChI=1S/C40H58FN3O9/c1-40(2,3)53-39(48)43-32(25-41)27-11-13-28(14-12-27)37(46)44-18-17-31(26-9-6-5-7-10-26)35(44)36(45)42-30-15-16-33-29(23-30)24-34(52-33)38(47)51-20-8-19-50-22-21-49-4/h15-16,23-24,26-28,31-32,35H,5-14,17-22,25H2,1-4H3,(H,42,45)(H,43,48)/t27?,28?,31-,32+,35-/m0/s1. The van der Waals surface area contributed by atoms with Crippen LogP contribution in [0.25, 0.3) is 11.0 Å². The Labute approximate surface area is 312 Å². The largest absolute Gasteiger partial charge is 0.460 e. The molecule has 2 heterocycles. The number of alkyl carbamates (subject to hydrolysis) is 1. The van der Waals surface area contributed by atoms with Gasteiger partial charge in [-0.25, -0.2) is 14.0 Å². The van der Waals surface area contributed by atoms with Crippen LogP contribution < -0.4 is 10.6 Å². The lowest BCUT2D eigenvalue weighted by Gasteiger charge is -2.37. The molecular formula is C40H58FN3O9. The number of methoxy groups -OCH3 is 1. The van der Waals surface area contributed by atoms with Crippen molar-refractivity contribution in [1.82, 2.24) is 10.2 Å². The fourth-order valence-electron chi connectivity index (χ4n) is 8.28. The fourth-order valence-corrected chi connectivity index (χ4v) is 8.28. The smallest absolute Gasteiger partial charge is 0.407 e. The lowest BCUT2D eigenvalue weighted by molar-refractivity contribution is -0.142. The summed E-state index contributed by atoms with van der Waals surface area (Å²) in [6.07, 6.45) is 8.57. The summed E-state index contributed by atoms with van der Waals surface area (Å²) in [5, 5.41) is 6.43. The quantitative estimate of drug-likeness (QED) is 0.145. The van der Waals surface area contributed by atoms with Crippen LogP contribution in [0.15, 0.2) is 28.7 Å². The Morgan fingerprint density at radius 3 is 2.40 bits per heavy atom.